The third-order valence-corrected chi connectivity index (χ3v) is 7.35. The predicted molar refractivity (Wildman–Crippen MR) is 136 cm³/mol. The molecule has 35 heavy (non-hydrogen) atoms. The topological polar surface area (TPSA) is 72.2 Å². The first-order chi connectivity index (χ1) is 16.4. The molecule has 0 aliphatic heterocycles. The van der Waals surface area contributed by atoms with E-state index in [0.29, 0.717) is 21.7 Å². The summed E-state index contributed by atoms with van der Waals surface area (Å²) in [5.41, 5.74) is 6.17. The number of benzene rings is 3. The minimum Gasteiger partial charge on any atom is -0.396 e. The third kappa shape index (κ3) is 5.37. The van der Waals surface area contributed by atoms with Crippen LogP contribution in [0.2, 0.25) is 15.1 Å². The van der Waals surface area contributed by atoms with E-state index in [9.17, 15) is 18.4 Å². The Morgan fingerprint density at radius 3 is 2.29 bits per heavy atom. The lowest BCUT2D eigenvalue weighted by Crippen LogP contribution is -2.17. The molecule has 3 N–H and O–H groups in total. The van der Waals surface area contributed by atoms with Gasteiger partial charge < -0.3 is 11.1 Å². The van der Waals surface area contributed by atoms with Gasteiger partial charge in [-0.2, -0.15) is 0 Å². The van der Waals surface area contributed by atoms with E-state index < -0.39 is 45.9 Å². The molecule has 4 rings (SSSR count). The molecule has 2 atom stereocenters. The highest BCUT2D eigenvalue weighted by molar-refractivity contribution is 6.53. The molecule has 1 aliphatic carbocycles. The van der Waals surface area contributed by atoms with Gasteiger partial charge in [0.15, 0.2) is 5.78 Å². The first-order valence-electron chi connectivity index (χ1n) is 10.1. The second kappa shape index (κ2) is 9.75. The molecule has 11 heteroatoms. The molecular formula is C24H15Cl5F2N2O2. The van der Waals surface area contributed by atoms with Crippen molar-refractivity contribution in [1.82, 2.24) is 0 Å². The number of hydrogen-bond donors (Lipinski definition) is 2. The molecule has 0 radical (unpaired) electrons. The number of carbonyl (C=O) groups excluding carboxylic acids is 2. The number of nitrogens with two attached hydrogens (primary N) is 1. The molecule has 0 saturated heterocycles. The van der Waals surface area contributed by atoms with Gasteiger partial charge in [0.2, 0.25) is 5.91 Å². The van der Waals surface area contributed by atoms with Crippen molar-refractivity contribution in [3.8, 4) is 0 Å². The highest BCUT2D eigenvalue weighted by atomic mass is 35.5. The molecule has 0 spiro atoms. The fraction of sp³-hybridized carbons (Fsp3) is 0.167. The maximum Gasteiger partial charge on any atom is 0.231 e. The number of alkyl halides is 2. The minimum absolute atomic E-state index is 0.0203. The lowest BCUT2D eigenvalue weighted by Gasteiger charge is -2.11. The van der Waals surface area contributed by atoms with Crippen molar-refractivity contribution in [2.75, 3.05) is 11.1 Å². The zero-order valence-corrected chi connectivity index (χ0v) is 21.3. The fourth-order valence-corrected chi connectivity index (χ4v) is 5.51. The summed E-state index contributed by atoms with van der Waals surface area (Å²) < 4.78 is 25.9. The molecule has 1 saturated carbocycles. The summed E-state index contributed by atoms with van der Waals surface area (Å²) in [7, 11) is 0. The van der Waals surface area contributed by atoms with Crippen molar-refractivity contribution in [1.29, 1.82) is 0 Å². The summed E-state index contributed by atoms with van der Waals surface area (Å²) in [5, 5.41) is 3.52. The third-order valence-electron chi connectivity index (χ3n) is 5.65. The number of rotatable bonds is 6. The van der Waals surface area contributed by atoms with E-state index in [1.165, 1.54) is 18.2 Å². The van der Waals surface area contributed by atoms with E-state index >= 15 is 0 Å². The first-order valence-corrected chi connectivity index (χ1v) is 12.0. The van der Waals surface area contributed by atoms with Crippen LogP contribution in [0.5, 0.6) is 0 Å². The van der Waals surface area contributed by atoms with Gasteiger partial charge in [-0.05, 0) is 53.6 Å². The number of anilines is 2. The second-order valence-corrected chi connectivity index (χ2v) is 10.8. The summed E-state index contributed by atoms with van der Waals surface area (Å²) in [6, 6.07) is 10.7. The van der Waals surface area contributed by atoms with Crippen LogP contribution in [0, 0.1) is 17.6 Å². The van der Waals surface area contributed by atoms with E-state index in [2.05, 4.69) is 5.32 Å². The van der Waals surface area contributed by atoms with E-state index in [4.69, 9.17) is 63.7 Å². The van der Waals surface area contributed by atoms with Crippen LogP contribution < -0.4 is 11.1 Å². The van der Waals surface area contributed by atoms with E-state index in [-0.39, 0.29) is 27.5 Å². The largest absolute Gasteiger partial charge is 0.396 e. The van der Waals surface area contributed by atoms with E-state index in [1.807, 2.05) is 0 Å². The Balaban J connectivity index is 1.53. The molecule has 0 unspecified atom stereocenters. The number of Topliss-reactive ketones (excluding diaryl/α,β-unsaturated/α-hetero) is 1. The number of amides is 1. The van der Waals surface area contributed by atoms with Crippen LogP contribution >= 0.6 is 58.0 Å². The standard InChI is InChI=1S/C24H15Cl5F2N2O2/c25-12-3-10(4-13(26)7-12)20-21(24(20,28)29)23(35)33-15-1-2-17(27)16(9-15)19(34)6-11-5-14(30)8-18(31)22(11)32/h1-5,7-9,20-21H,6,32H2,(H,33,35)/t20-,21+/m0/s1. The van der Waals surface area contributed by atoms with Gasteiger partial charge >= 0.3 is 0 Å². The molecule has 1 aliphatic rings. The summed E-state index contributed by atoms with van der Waals surface area (Å²) in [5.74, 6) is -4.24. The molecule has 0 aromatic heterocycles. The average molecular weight is 579 g/mol. The summed E-state index contributed by atoms with van der Waals surface area (Å²) in [4.78, 5) is 25.8. The maximum absolute atomic E-state index is 13.7. The molecule has 0 bridgehead atoms. The number of hydrogen-bond acceptors (Lipinski definition) is 3. The Bertz CT molecular complexity index is 1350. The monoisotopic (exact) mass is 576 g/mol. The smallest absolute Gasteiger partial charge is 0.231 e. The number of halogens is 7. The zero-order valence-electron chi connectivity index (χ0n) is 17.5. The summed E-state index contributed by atoms with van der Waals surface area (Å²) in [6.07, 6.45) is -0.398. The van der Waals surface area contributed by atoms with Crippen molar-refractivity contribution < 1.29 is 18.4 Å². The highest BCUT2D eigenvalue weighted by Crippen LogP contribution is 2.65. The van der Waals surface area contributed by atoms with Crippen molar-refractivity contribution in [2.45, 2.75) is 16.7 Å². The normalized spacial score (nSPS) is 18.3. The number of carbonyl (C=O) groups is 2. The molecular weight excluding hydrogens is 564 g/mol. The Hall–Kier alpha value is -2.09. The van der Waals surface area contributed by atoms with Crippen LogP contribution in [0.3, 0.4) is 0 Å². The van der Waals surface area contributed by atoms with Crippen LogP contribution in [0.15, 0.2) is 48.5 Å². The van der Waals surface area contributed by atoms with Crippen LogP contribution in [0.4, 0.5) is 20.2 Å². The summed E-state index contributed by atoms with van der Waals surface area (Å²) >= 11 is 31.0. The Labute approximate surface area is 224 Å². The van der Waals surface area contributed by atoms with Crippen molar-refractivity contribution >= 4 is 81.1 Å². The number of ketones is 1. The van der Waals surface area contributed by atoms with Crippen molar-refractivity contribution in [3.05, 3.63) is 91.9 Å². The van der Waals surface area contributed by atoms with Gasteiger partial charge in [-0.1, -0.05) is 34.8 Å². The molecule has 3 aromatic carbocycles. The van der Waals surface area contributed by atoms with Crippen molar-refractivity contribution in [3.63, 3.8) is 0 Å². The Morgan fingerprint density at radius 2 is 1.63 bits per heavy atom. The van der Waals surface area contributed by atoms with Gasteiger partial charge in [-0.15, -0.1) is 23.2 Å². The van der Waals surface area contributed by atoms with Crippen molar-refractivity contribution in [2.24, 2.45) is 5.92 Å². The van der Waals surface area contributed by atoms with E-state index in [1.54, 1.807) is 18.2 Å². The SMILES string of the molecule is Nc1c(F)cc(F)cc1CC(=O)c1cc(NC(=O)[C@H]2[C@H](c3cc(Cl)cc(Cl)c3)C2(Cl)Cl)ccc1Cl. The van der Waals surface area contributed by atoms with E-state index in [0.717, 1.165) is 6.07 Å². The fourth-order valence-electron chi connectivity index (χ4n) is 3.91. The van der Waals surface area contributed by atoms with Crippen LogP contribution in [0.1, 0.15) is 27.4 Å². The van der Waals surface area contributed by atoms with Crippen LogP contribution in [0.25, 0.3) is 0 Å². The lowest BCUT2D eigenvalue weighted by molar-refractivity contribution is -0.117. The minimum atomic E-state index is -1.39. The first kappa shape index (κ1) is 26.0. The Morgan fingerprint density at radius 1 is 0.971 bits per heavy atom. The Kier molecular flexibility index (Phi) is 7.24. The van der Waals surface area contributed by atoms with Crippen LogP contribution in [-0.4, -0.2) is 16.0 Å². The highest BCUT2D eigenvalue weighted by Gasteiger charge is 2.67. The molecule has 4 nitrogen and oxygen atoms in total. The lowest BCUT2D eigenvalue weighted by atomic mass is 10.0. The average Bonchev–Trinajstić information content (AvgIpc) is 3.34. The maximum atomic E-state index is 13.7. The molecule has 182 valence electrons. The molecule has 1 amide bonds. The quantitative estimate of drug-likeness (QED) is 0.181. The molecule has 0 heterocycles. The van der Waals surface area contributed by atoms with Gasteiger partial charge in [0.1, 0.15) is 16.0 Å². The van der Waals surface area contributed by atoms with Crippen LogP contribution in [-0.2, 0) is 11.2 Å². The molecule has 3 aromatic rings. The summed E-state index contributed by atoms with van der Waals surface area (Å²) in [6.45, 7) is 0. The zero-order chi connectivity index (χ0) is 25.7. The van der Waals surface area contributed by atoms with Gasteiger partial charge in [-0.3, -0.25) is 9.59 Å². The predicted octanol–water partition coefficient (Wildman–Crippen LogP) is 7.46. The number of nitrogen functional groups attached to an aromatic ring is 1. The second-order valence-electron chi connectivity index (χ2n) is 8.08. The number of nitrogens with one attached hydrogen (secondary N) is 1. The van der Waals surface area contributed by atoms with Gasteiger partial charge in [0.25, 0.3) is 0 Å². The van der Waals surface area contributed by atoms with Gasteiger partial charge in [-0.25, -0.2) is 8.78 Å². The molecule has 1 fully saturated rings. The van der Waals surface area contributed by atoms with Gasteiger partial charge in [0, 0.05) is 39.7 Å². The van der Waals surface area contributed by atoms with Gasteiger partial charge in [0.05, 0.1) is 16.6 Å².